The van der Waals surface area contributed by atoms with Gasteiger partial charge in [0.2, 0.25) is 5.91 Å². The van der Waals surface area contributed by atoms with Crippen LogP contribution in [0.5, 0.6) is 0 Å². The highest BCUT2D eigenvalue weighted by Gasteiger charge is 2.26. The van der Waals surface area contributed by atoms with Crippen LogP contribution in [0, 0.1) is 0 Å². The Kier molecular flexibility index (Phi) is 5.06. The molecule has 26 heavy (non-hydrogen) atoms. The predicted octanol–water partition coefficient (Wildman–Crippen LogP) is 1.90. The van der Waals surface area contributed by atoms with Gasteiger partial charge >= 0.3 is 5.97 Å². The van der Waals surface area contributed by atoms with Crippen LogP contribution in [0.15, 0.2) is 16.9 Å². The molecule has 3 rings (SSSR count). The van der Waals surface area contributed by atoms with Crippen molar-refractivity contribution < 1.29 is 23.6 Å². The number of esters is 1. The van der Waals surface area contributed by atoms with Gasteiger partial charge in [0, 0.05) is 30.4 Å². The van der Waals surface area contributed by atoms with Gasteiger partial charge < -0.3 is 14.6 Å². The molecule has 3 heterocycles. The van der Waals surface area contributed by atoms with Gasteiger partial charge in [-0.15, -0.1) is 0 Å². The largest absolute Gasteiger partial charge is 0.461 e. The van der Waals surface area contributed by atoms with E-state index in [1.807, 2.05) is 0 Å². The summed E-state index contributed by atoms with van der Waals surface area (Å²) in [5.74, 6) is -0.393. The number of carbonyl (C=O) groups is 3. The maximum atomic E-state index is 12.7. The molecule has 9 heteroatoms. The molecule has 0 fully saturated rings. The molecule has 0 saturated heterocycles. The lowest BCUT2D eigenvalue weighted by Gasteiger charge is -2.17. The Morgan fingerprint density at radius 2 is 2.15 bits per heavy atom. The topological polar surface area (TPSA) is 124 Å². The minimum absolute atomic E-state index is 0.0725. The minimum atomic E-state index is -0.568. The second kappa shape index (κ2) is 7.42. The van der Waals surface area contributed by atoms with Gasteiger partial charge in [-0.05, 0) is 13.3 Å². The first kappa shape index (κ1) is 17.7. The van der Waals surface area contributed by atoms with E-state index in [4.69, 9.17) is 9.26 Å². The summed E-state index contributed by atoms with van der Waals surface area (Å²) < 4.78 is 10.0. The van der Waals surface area contributed by atoms with Gasteiger partial charge in [-0.3, -0.25) is 9.59 Å². The van der Waals surface area contributed by atoms with Crippen molar-refractivity contribution in [3.63, 3.8) is 0 Å². The van der Waals surface area contributed by atoms with Gasteiger partial charge in [0.25, 0.3) is 0 Å². The minimum Gasteiger partial charge on any atom is -0.461 e. The first-order valence-corrected chi connectivity index (χ1v) is 8.30. The molecule has 2 aromatic rings. The van der Waals surface area contributed by atoms with Crippen LogP contribution in [-0.2, 0) is 16.0 Å². The smallest absolute Gasteiger partial charge is 0.360 e. The first-order chi connectivity index (χ1) is 12.5. The van der Waals surface area contributed by atoms with Crippen LogP contribution < -0.4 is 5.32 Å². The molecule has 1 aliphatic rings. The second-order valence-corrected chi connectivity index (χ2v) is 5.96. The molecule has 9 nitrogen and oxygen atoms in total. The molecule has 0 spiro atoms. The number of rotatable bonds is 6. The van der Waals surface area contributed by atoms with Gasteiger partial charge in [0.1, 0.15) is 23.6 Å². The summed E-state index contributed by atoms with van der Waals surface area (Å²) in [6, 6.07) is 1.48. The lowest BCUT2D eigenvalue weighted by Crippen LogP contribution is -2.23. The number of anilines is 1. The summed E-state index contributed by atoms with van der Waals surface area (Å²) in [4.78, 5) is 43.9. The third kappa shape index (κ3) is 3.61. The quantitative estimate of drug-likeness (QED) is 0.613. The van der Waals surface area contributed by atoms with E-state index >= 15 is 0 Å². The number of nitrogens with one attached hydrogen (secondary N) is 1. The van der Waals surface area contributed by atoms with Gasteiger partial charge in [-0.2, -0.15) is 0 Å². The van der Waals surface area contributed by atoms with Crippen LogP contribution >= 0.6 is 0 Å². The average Bonchev–Trinajstić information content (AvgIpc) is 3.11. The van der Waals surface area contributed by atoms with Crippen molar-refractivity contribution in [2.75, 3.05) is 11.9 Å². The van der Waals surface area contributed by atoms with E-state index in [0.29, 0.717) is 35.7 Å². The van der Waals surface area contributed by atoms with Gasteiger partial charge in [-0.25, -0.2) is 14.8 Å². The fourth-order valence-corrected chi connectivity index (χ4v) is 2.73. The third-order valence-corrected chi connectivity index (χ3v) is 4.06. The predicted molar refractivity (Wildman–Crippen MR) is 88.8 cm³/mol. The number of amides is 1. The number of nitrogens with zero attached hydrogens (tertiary/aromatic N) is 3. The molecular weight excluding hydrogens is 340 g/mol. The molecule has 0 unspecified atom stereocenters. The Bertz CT molecular complexity index is 861. The zero-order valence-corrected chi connectivity index (χ0v) is 14.4. The van der Waals surface area contributed by atoms with Crippen LogP contribution in [0.3, 0.4) is 0 Å². The Balaban J connectivity index is 1.73. The zero-order chi connectivity index (χ0) is 18.7. The third-order valence-electron chi connectivity index (χ3n) is 4.06. The summed E-state index contributed by atoms with van der Waals surface area (Å²) >= 11 is 0. The monoisotopic (exact) mass is 358 g/mol. The molecule has 2 aromatic heterocycles. The fourth-order valence-electron chi connectivity index (χ4n) is 2.73. The van der Waals surface area contributed by atoms with E-state index in [1.54, 1.807) is 13.8 Å². The number of carbonyl (C=O) groups excluding carboxylic acids is 3. The number of Topliss-reactive ketones (excluding diaryl/α,β-unsaturated/α-hetero) is 1. The molecule has 1 N–H and O–H groups in total. The molecule has 1 amide bonds. The SMILES string of the molecule is CCOC(=O)c1cc([C@@H](C)CC(=O)c2ncnc3c2CCC(=O)N3)on1. The van der Waals surface area contributed by atoms with Crippen molar-refractivity contribution in [2.24, 2.45) is 0 Å². The van der Waals surface area contributed by atoms with Crippen molar-refractivity contribution in [1.29, 1.82) is 0 Å². The highest BCUT2D eigenvalue weighted by molar-refractivity contribution is 6.00. The van der Waals surface area contributed by atoms with Crippen LogP contribution in [0.1, 0.15) is 64.9 Å². The molecule has 0 aromatic carbocycles. The normalized spacial score (nSPS) is 14.3. The Hall–Kier alpha value is -3.10. The number of ether oxygens (including phenoxy) is 1. The number of hydrogen-bond acceptors (Lipinski definition) is 8. The fraction of sp³-hybridized carbons (Fsp3) is 0.412. The zero-order valence-electron chi connectivity index (χ0n) is 14.4. The van der Waals surface area contributed by atoms with Crippen molar-refractivity contribution in [3.05, 3.63) is 35.1 Å². The Morgan fingerprint density at radius 3 is 2.92 bits per heavy atom. The van der Waals surface area contributed by atoms with Crippen LogP contribution in [0.4, 0.5) is 5.82 Å². The highest BCUT2D eigenvalue weighted by Crippen LogP contribution is 2.26. The molecule has 0 radical (unpaired) electrons. The van der Waals surface area contributed by atoms with Gasteiger partial charge in [0.05, 0.1) is 6.61 Å². The van der Waals surface area contributed by atoms with Crippen LogP contribution in [-0.4, -0.2) is 39.4 Å². The summed E-state index contributed by atoms with van der Waals surface area (Å²) in [5.41, 5.74) is 1.02. The van der Waals surface area contributed by atoms with E-state index < -0.39 is 5.97 Å². The van der Waals surface area contributed by atoms with E-state index in [1.165, 1.54) is 12.4 Å². The Morgan fingerprint density at radius 1 is 1.35 bits per heavy atom. The highest BCUT2D eigenvalue weighted by atomic mass is 16.5. The lowest BCUT2D eigenvalue weighted by molar-refractivity contribution is -0.116. The van der Waals surface area contributed by atoms with E-state index in [-0.39, 0.29) is 36.3 Å². The maximum Gasteiger partial charge on any atom is 0.360 e. The van der Waals surface area contributed by atoms with Gasteiger partial charge in [0.15, 0.2) is 11.5 Å². The summed E-state index contributed by atoms with van der Waals surface area (Å²) in [6.45, 7) is 3.73. The number of aromatic nitrogens is 3. The molecule has 1 aliphatic heterocycles. The summed E-state index contributed by atoms with van der Waals surface area (Å²) in [6.07, 6.45) is 2.10. The van der Waals surface area contributed by atoms with Gasteiger partial charge in [-0.1, -0.05) is 12.1 Å². The molecule has 0 aliphatic carbocycles. The standard InChI is InChI=1S/C17H18N4O5/c1-3-25-17(24)11-7-13(26-21-11)9(2)6-12(22)15-10-4-5-14(23)20-16(10)19-8-18-15/h7-9H,3-6H2,1-2H3,(H,18,19,20,23)/t9-/m0/s1. The van der Waals surface area contributed by atoms with E-state index in [9.17, 15) is 14.4 Å². The molecule has 1 atom stereocenters. The Labute approximate surface area is 149 Å². The van der Waals surface area contributed by atoms with Crippen molar-refractivity contribution >= 4 is 23.5 Å². The second-order valence-electron chi connectivity index (χ2n) is 5.96. The van der Waals surface area contributed by atoms with E-state index in [0.717, 1.165) is 0 Å². The number of fused-ring (bicyclic) bond motifs is 1. The lowest BCUT2D eigenvalue weighted by atomic mass is 9.95. The molecule has 136 valence electrons. The molecule has 0 saturated carbocycles. The first-order valence-electron chi connectivity index (χ1n) is 8.30. The summed E-state index contributed by atoms with van der Waals surface area (Å²) in [5, 5.41) is 6.33. The number of ketones is 1. The van der Waals surface area contributed by atoms with Crippen LogP contribution in [0.2, 0.25) is 0 Å². The molecular formula is C17H18N4O5. The van der Waals surface area contributed by atoms with Crippen molar-refractivity contribution in [3.8, 4) is 0 Å². The van der Waals surface area contributed by atoms with E-state index in [2.05, 4.69) is 20.4 Å². The number of hydrogen-bond donors (Lipinski definition) is 1. The molecule has 0 bridgehead atoms. The van der Waals surface area contributed by atoms with Crippen LogP contribution in [0.25, 0.3) is 0 Å². The summed E-state index contributed by atoms with van der Waals surface area (Å²) in [7, 11) is 0. The maximum absolute atomic E-state index is 12.7. The van der Waals surface area contributed by atoms with Crippen molar-refractivity contribution in [1.82, 2.24) is 15.1 Å². The average molecular weight is 358 g/mol. The van der Waals surface area contributed by atoms with Crippen molar-refractivity contribution in [2.45, 2.75) is 39.0 Å².